The Morgan fingerprint density at radius 3 is 2.88 bits per heavy atom. The van der Waals surface area contributed by atoms with E-state index in [1.165, 1.54) is 5.56 Å². The van der Waals surface area contributed by atoms with Crippen LogP contribution in [0.2, 0.25) is 0 Å². The van der Waals surface area contributed by atoms with Gasteiger partial charge in [0.05, 0.1) is 18.7 Å². The first-order valence-corrected chi connectivity index (χ1v) is 7.80. The van der Waals surface area contributed by atoms with Crippen LogP contribution in [0.3, 0.4) is 0 Å². The molecule has 0 bridgehead atoms. The van der Waals surface area contributed by atoms with Crippen molar-refractivity contribution >= 4 is 5.91 Å². The van der Waals surface area contributed by atoms with Gasteiger partial charge in [0.15, 0.2) is 5.82 Å². The lowest BCUT2D eigenvalue weighted by Gasteiger charge is -2.07. The number of carbonyl (C=O) groups is 1. The molecular weight excluding hydrogens is 306 g/mol. The van der Waals surface area contributed by atoms with Crippen LogP contribution in [0.15, 0.2) is 47.2 Å². The molecule has 24 heavy (non-hydrogen) atoms. The van der Waals surface area contributed by atoms with E-state index in [0.717, 1.165) is 24.5 Å². The Hall–Kier alpha value is -2.96. The van der Waals surface area contributed by atoms with E-state index in [0.29, 0.717) is 12.3 Å². The van der Waals surface area contributed by atoms with Crippen molar-refractivity contribution < 1.29 is 9.32 Å². The van der Waals surface area contributed by atoms with Crippen molar-refractivity contribution in [3.63, 3.8) is 0 Å². The molecule has 0 fully saturated rings. The lowest BCUT2D eigenvalue weighted by atomic mass is 10.1. The van der Waals surface area contributed by atoms with Gasteiger partial charge >= 0.3 is 0 Å². The van der Waals surface area contributed by atoms with Crippen LogP contribution in [0.25, 0.3) is 0 Å². The second-order valence-corrected chi connectivity index (χ2v) is 5.56. The summed E-state index contributed by atoms with van der Waals surface area (Å²) < 4.78 is 6.99. The Labute approximate surface area is 139 Å². The van der Waals surface area contributed by atoms with Gasteiger partial charge in [0.25, 0.3) is 0 Å². The van der Waals surface area contributed by atoms with E-state index in [9.17, 15) is 4.79 Å². The van der Waals surface area contributed by atoms with Gasteiger partial charge in [-0.25, -0.2) is 0 Å². The van der Waals surface area contributed by atoms with Gasteiger partial charge in [-0.05, 0) is 18.9 Å². The minimum atomic E-state index is -0.135. The van der Waals surface area contributed by atoms with Crippen molar-refractivity contribution in [1.29, 1.82) is 0 Å². The molecule has 0 aliphatic heterocycles. The minimum absolute atomic E-state index is 0.135. The van der Waals surface area contributed by atoms with Crippen molar-refractivity contribution in [2.75, 3.05) is 0 Å². The van der Waals surface area contributed by atoms with Crippen LogP contribution in [0.4, 0.5) is 0 Å². The number of hydrogen-bond acceptors (Lipinski definition) is 5. The molecule has 124 valence electrons. The first-order chi connectivity index (χ1) is 11.7. The van der Waals surface area contributed by atoms with Gasteiger partial charge in [-0.1, -0.05) is 35.5 Å². The molecule has 1 N–H and O–H groups in total. The number of amides is 1. The molecule has 3 rings (SSSR count). The van der Waals surface area contributed by atoms with Crippen molar-refractivity contribution in [2.45, 2.75) is 32.9 Å². The van der Waals surface area contributed by atoms with Gasteiger partial charge in [0.2, 0.25) is 5.91 Å². The monoisotopic (exact) mass is 325 g/mol. The predicted molar refractivity (Wildman–Crippen MR) is 87.0 cm³/mol. The quantitative estimate of drug-likeness (QED) is 0.714. The zero-order valence-electron chi connectivity index (χ0n) is 13.5. The fraction of sp³-hybridized carbons (Fsp3) is 0.294. The number of aryl methyl sites for hydroxylation is 3. The van der Waals surface area contributed by atoms with Gasteiger partial charge in [-0.15, -0.1) is 10.2 Å². The van der Waals surface area contributed by atoms with Crippen LogP contribution in [-0.4, -0.2) is 25.8 Å². The van der Waals surface area contributed by atoms with Gasteiger partial charge in [-0.3, -0.25) is 4.79 Å². The van der Waals surface area contributed by atoms with Crippen LogP contribution in [0.5, 0.6) is 0 Å². The number of hydrogen-bond donors (Lipinski definition) is 1. The molecule has 2 aromatic heterocycles. The summed E-state index contributed by atoms with van der Waals surface area (Å²) in [4.78, 5) is 12.0. The third kappa shape index (κ3) is 4.28. The SMILES string of the molecule is Cc1cc(CC(=O)NCc2nncn2CCc2ccccc2)on1. The molecule has 1 aromatic carbocycles. The highest BCUT2D eigenvalue weighted by Crippen LogP contribution is 2.05. The largest absolute Gasteiger partial charge is 0.361 e. The highest BCUT2D eigenvalue weighted by Gasteiger charge is 2.10. The maximum absolute atomic E-state index is 12.0. The second-order valence-electron chi connectivity index (χ2n) is 5.56. The molecule has 0 saturated heterocycles. The lowest BCUT2D eigenvalue weighted by Crippen LogP contribution is -2.26. The topological polar surface area (TPSA) is 85.8 Å². The Kier molecular flexibility index (Phi) is 5.00. The third-order valence-electron chi connectivity index (χ3n) is 3.64. The van der Waals surface area contributed by atoms with E-state index in [4.69, 9.17) is 4.52 Å². The van der Waals surface area contributed by atoms with Crippen LogP contribution in [-0.2, 0) is 30.7 Å². The van der Waals surface area contributed by atoms with Crippen molar-refractivity contribution in [3.05, 3.63) is 65.6 Å². The molecule has 1 amide bonds. The molecule has 3 aromatic rings. The summed E-state index contributed by atoms with van der Waals surface area (Å²) in [5.41, 5.74) is 2.01. The number of carbonyl (C=O) groups excluding carboxylic acids is 1. The molecule has 0 aliphatic rings. The van der Waals surface area contributed by atoms with Crippen LogP contribution >= 0.6 is 0 Å². The third-order valence-corrected chi connectivity index (χ3v) is 3.64. The zero-order chi connectivity index (χ0) is 16.8. The smallest absolute Gasteiger partial charge is 0.228 e. The van der Waals surface area contributed by atoms with Crippen molar-refractivity contribution in [3.8, 4) is 0 Å². The highest BCUT2D eigenvalue weighted by molar-refractivity contribution is 5.77. The zero-order valence-corrected chi connectivity index (χ0v) is 13.5. The summed E-state index contributed by atoms with van der Waals surface area (Å²) in [6.45, 7) is 2.92. The molecule has 0 atom stereocenters. The molecule has 0 unspecified atom stereocenters. The van der Waals surface area contributed by atoms with E-state index < -0.39 is 0 Å². The Balaban J connectivity index is 1.50. The summed E-state index contributed by atoms with van der Waals surface area (Å²) in [5.74, 6) is 1.15. The molecular formula is C17H19N5O2. The maximum Gasteiger partial charge on any atom is 0.228 e. The number of nitrogens with zero attached hydrogens (tertiary/aromatic N) is 4. The number of rotatable bonds is 7. The Morgan fingerprint density at radius 2 is 2.12 bits per heavy atom. The molecule has 0 aliphatic carbocycles. The lowest BCUT2D eigenvalue weighted by molar-refractivity contribution is -0.120. The van der Waals surface area contributed by atoms with E-state index in [-0.39, 0.29) is 12.3 Å². The summed E-state index contributed by atoms with van der Waals surface area (Å²) in [6, 6.07) is 12.0. The molecule has 0 spiro atoms. The van der Waals surface area contributed by atoms with Gasteiger partial charge in [-0.2, -0.15) is 0 Å². The summed E-state index contributed by atoms with van der Waals surface area (Å²) in [5, 5.41) is 14.6. The average Bonchev–Trinajstić information content (AvgIpc) is 3.20. The first-order valence-electron chi connectivity index (χ1n) is 7.80. The van der Waals surface area contributed by atoms with E-state index in [1.54, 1.807) is 12.4 Å². The van der Waals surface area contributed by atoms with Gasteiger partial charge in [0, 0.05) is 12.6 Å². The molecule has 7 nitrogen and oxygen atoms in total. The van der Waals surface area contributed by atoms with Crippen molar-refractivity contribution in [1.82, 2.24) is 25.2 Å². The first kappa shape index (κ1) is 15.9. The normalized spacial score (nSPS) is 10.7. The predicted octanol–water partition coefficient (Wildman–Crippen LogP) is 1.68. The van der Waals surface area contributed by atoms with Crippen LogP contribution < -0.4 is 5.32 Å². The molecule has 0 radical (unpaired) electrons. The minimum Gasteiger partial charge on any atom is -0.361 e. The fourth-order valence-electron chi connectivity index (χ4n) is 2.39. The molecule has 7 heteroatoms. The van der Waals surface area contributed by atoms with Crippen molar-refractivity contribution in [2.24, 2.45) is 0 Å². The van der Waals surface area contributed by atoms with Crippen LogP contribution in [0.1, 0.15) is 22.8 Å². The van der Waals surface area contributed by atoms with E-state index >= 15 is 0 Å². The van der Waals surface area contributed by atoms with Gasteiger partial charge < -0.3 is 14.4 Å². The van der Waals surface area contributed by atoms with E-state index in [2.05, 4.69) is 32.8 Å². The highest BCUT2D eigenvalue weighted by atomic mass is 16.5. The Morgan fingerprint density at radius 1 is 1.29 bits per heavy atom. The summed E-state index contributed by atoms with van der Waals surface area (Å²) in [7, 11) is 0. The standard InChI is InChI=1S/C17H19N5O2/c1-13-9-15(24-21-13)10-17(23)18-11-16-20-19-12-22(16)8-7-14-5-3-2-4-6-14/h2-6,9,12H,7-8,10-11H2,1H3,(H,18,23). The summed E-state index contributed by atoms with van der Waals surface area (Å²) in [6.07, 6.45) is 2.74. The molecule has 2 heterocycles. The number of aromatic nitrogens is 4. The van der Waals surface area contributed by atoms with Crippen LogP contribution in [0, 0.1) is 6.92 Å². The second kappa shape index (κ2) is 7.54. The fourth-order valence-corrected chi connectivity index (χ4v) is 2.39. The number of nitrogens with one attached hydrogen (secondary N) is 1. The molecule has 0 saturated carbocycles. The summed E-state index contributed by atoms with van der Waals surface area (Å²) >= 11 is 0. The Bertz CT molecular complexity index is 794. The number of benzene rings is 1. The van der Waals surface area contributed by atoms with E-state index in [1.807, 2.05) is 29.7 Å². The maximum atomic E-state index is 12.0. The van der Waals surface area contributed by atoms with Gasteiger partial charge in [0.1, 0.15) is 12.1 Å². The average molecular weight is 325 g/mol.